The maximum Gasteiger partial charge on any atom is 0.181 e. The highest BCUT2D eigenvalue weighted by molar-refractivity contribution is 7.90. The van der Waals surface area contributed by atoms with E-state index in [0.29, 0.717) is 11.6 Å². The first-order valence-corrected chi connectivity index (χ1v) is 12.0. The summed E-state index contributed by atoms with van der Waals surface area (Å²) in [5.41, 5.74) is 1.21. The van der Waals surface area contributed by atoms with Crippen molar-refractivity contribution in [3.8, 4) is 0 Å². The molecule has 1 saturated carbocycles. The van der Waals surface area contributed by atoms with Crippen LogP contribution >= 0.6 is 0 Å². The lowest BCUT2D eigenvalue weighted by Gasteiger charge is -2.20. The van der Waals surface area contributed by atoms with Gasteiger partial charge in [-0.2, -0.15) is 0 Å². The molecule has 1 heterocycles. The van der Waals surface area contributed by atoms with E-state index in [1.54, 1.807) is 48.7 Å². The molecule has 5 nitrogen and oxygen atoms in total. The average molecular weight is 414 g/mol. The number of Topliss-reactive ketones (excluding diaryl/α,β-unsaturated/α-hetero) is 2. The second-order valence-corrected chi connectivity index (χ2v) is 9.90. The van der Waals surface area contributed by atoms with Crippen molar-refractivity contribution in [3.05, 3.63) is 59.9 Å². The average Bonchev–Trinajstić information content (AvgIpc) is 3.23. The van der Waals surface area contributed by atoms with Gasteiger partial charge >= 0.3 is 0 Å². The summed E-state index contributed by atoms with van der Waals surface area (Å²) in [7, 11) is -3.28. The number of sulfone groups is 1. The molecule has 1 aromatic heterocycles. The molecule has 29 heavy (non-hydrogen) atoms. The summed E-state index contributed by atoms with van der Waals surface area (Å²) in [6, 6.07) is 11.8. The fourth-order valence-electron chi connectivity index (χ4n) is 4.05. The van der Waals surface area contributed by atoms with Crippen LogP contribution in [0.4, 0.5) is 0 Å². The highest BCUT2D eigenvalue weighted by Gasteiger charge is 2.27. The molecule has 0 saturated heterocycles. The summed E-state index contributed by atoms with van der Waals surface area (Å²) >= 11 is 0. The van der Waals surface area contributed by atoms with E-state index >= 15 is 0 Å². The number of nitrogens with zero attached hydrogens (tertiary/aromatic N) is 1. The Kier molecular flexibility index (Phi) is 6.96. The van der Waals surface area contributed by atoms with E-state index in [1.165, 1.54) is 19.1 Å². The predicted molar refractivity (Wildman–Crippen MR) is 112 cm³/mol. The van der Waals surface area contributed by atoms with E-state index in [0.717, 1.165) is 24.8 Å². The maximum atomic E-state index is 13.1. The molecule has 1 aromatic carbocycles. The van der Waals surface area contributed by atoms with Gasteiger partial charge in [-0.25, -0.2) is 8.42 Å². The lowest BCUT2D eigenvalue weighted by atomic mass is 9.83. The van der Waals surface area contributed by atoms with Crippen LogP contribution in [-0.2, 0) is 14.6 Å². The molecule has 1 aliphatic rings. The molecule has 1 unspecified atom stereocenters. The van der Waals surface area contributed by atoms with Crippen LogP contribution in [0.1, 0.15) is 66.9 Å². The lowest BCUT2D eigenvalue weighted by Crippen LogP contribution is -2.17. The van der Waals surface area contributed by atoms with Gasteiger partial charge in [0.1, 0.15) is 11.5 Å². The van der Waals surface area contributed by atoms with Gasteiger partial charge in [0.05, 0.1) is 4.90 Å². The molecule has 0 aliphatic heterocycles. The Morgan fingerprint density at radius 1 is 1.03 bits per heavy atom. The smallest absolute Gasteiger partial charge is 0.181 e. The maximum absolute atomic E-state index is 13.1. The topological polar surface area (TPSA) is 81.2 Å². The molecule has 0 radical (unpaired) electrons. The van der Waals surface area contributed by atoms with Crippen LogP contribution in [0.25, 0.3) is 0 Å². The summed E-state index contributed by atoms with van der Waals surface area (Å²) in [6.45, 7) is 0. The monoisotopic (exact) mass is 413 g/mol. The van der Waals surface area contributed by atoms with Gasteiger partial charge in [-0.3, -0.25) is 14.6 Å². The zero-order valence-corrected chi connectivity index (χ0v) is 17.5. The molecule has 0 spiro atoms. The Bertz CT molecular complexity index is 946. The second-order valence-electron chi connectivity index (χ2n) is 7.88. The van der Waals surface area contributed by atoms with E-state index in [1.807, 2.05) is 0 Å². The Morgan fingerprint density at radius 3 is 2.31 bits per heavy atom. The molecule has 0 bridgehead atoms. The van der Waals surface area contributed by atoms with Crippen molar-refractivity contribution in [1.29, 1.82) is 0 Å². The quantitative estimate of drug-likeness (QED) is 0.570. The van der Waals surface area contributed by atoms with Gasteiger partial charge < -0.3 is 0 Å². The van der Waals surface area contributed by atoms with Crippen LogP contribution in [-0.4, -0.2) is 31.2 Å². The van der Waals surface area contributed by atoms with Crippen LogP contribution in [0.15, 0.2) is 53.6 Å². The predicted octanol–water partition coefficient (Wildman–Crippen LogP) is 4.38. The summed E-state index contributed by atoms with van der Waals surface area (Å²) in [5, 5.41) is 0. The Labute approximate surface area is 172 Å². The number of carbonyl (C=O) groups excluding carboxylic acids is 2. The lowest BCUT2D eigenvalue weighted by molar-refractivity contribution is -0.120. The van der Waals surface area contributed by atoms with Gasteiger partial charge in [0.25, 0.3) is 0 Å². The molecule has 6 heteroatoms. The third-order valence-electron chi connectivity index (χ3n) is 5.69. The number of carbonyl (C=O) groups is 2. The van der Waals surface area contributed by atoms with Crippen molar-refractivity contribution in [2.75, 3.05) is 6.26 Å². The van der Waals surface area contributed by atoms with Crippen molar-refractivity contribution < 1.29 is 18.0 Å². The van der Waals surface area contributed by atoms with Crippen LogP contribution in [0.3, 0.4) is 0 Å². The van der Waals surface area contributed by atoms with E-state index in [2.05, 4.69) is 4.98 Å². The van der Waals surface area contributed by atoms with Crippen molar-refractivity contribution in [3.63, 3.8) is 0 Å². The molecule has 0 N–H and O–H groups in total. The van der Waals surface area contributed by atoms with Crippen LogP contribution in [0.2, 0.25) is 0 Å². The van der Waals surface area contributed by atoms with Gasteiger partial charge in [-0.05, 0) is 42.2 Å². The number of ketones is 2. The van der Waals surface area contributed by atoms with E-state index in [4.69, 9.17) is 0 Å². The largest absolute Gasteiger partial charge is 0.299 e. The summed E-state index contributed by atoms with van der Waals surface area (Å²) in [5.74, 6) is 0.104. The van der Waals surface area contributed by atoms with Gasteiger partial charge in [-0.1, -0.05) is 43.9 Å². The standard InChI is InChI=1S/C23H27NO4S/c1-29(27,28)19-11-9-18(10-12-19)20(16-17-6-2-3-7-17)22(25)13-14-23(26)21-8-4-5-15-24-21/h4-5,8-12,15,17,20H,2-3,6-7,13-14,16H2,1H3. The fourth-order valence-corrected chi connectivity index (χ4v) is 4.68. The number of pyridine rings is 1. The van der Waals surface area contributed by atoms with Gasteiger partial charge in [0.15, 0.2) is 15.6 Å². The van der Waals surface area contributed by atoms with Crippen molar-refractivity contribution in [2.45, 2.75) is 55.8 Å². The minimum atomic E-state index is -3.28. The zero-order chi connectivity index (χ0) is 20.9. The highest BCUT2D eigenvalue weighted by Crippen LogP contribution is 2.35. The van der Waals surface area contributed by atoms with Gasteiger partial charge in [-0.15, -0.1) is 0 Å². The molecule has 1 aliphatic carbocycles. The van der Waals surface area contributed by atoms with Crippen molar-refractivity contribution in [2.24, 2.45) is 5.92 Å². The van der Waals surface area contributed by atoms with E-state index in [9.17, 15) is 18.0 Å². The molecule has 0 amide bonds. The van der Waals surface area contributed by atoms with Crippen LogP contribution < -0.4 is 0 Å². The molecule has 2 aromatic rings. The molecule has 3 rings (SSSR count). The van der Waals surface area contributed by atoms with E-state index in [-0.39, 0.29) is 35.2 Å². The van der Waals surface area contributed by atoms with Crippen molar-refractivity contribution >= 4 is 21.4 Å². The number of aromatic nitrogens is 1. The minimum absolute atomic E-state index is 0.0355. The van der Waals surface area contributed by atoms with Gasteiger partial charge in [0.2, 0.25) is 0 Å². The highest BCUT2D eigenvalue weighted by atomic mass is 32.2. The number of hydrogen-bond donors (Lipinski definition) is 0. The Balaban J connectivity index is 1.73. The molecule has 1 atom stereocenters. The first kappa shape index (κ1) is 21.4. The third kappa shape index (κ3) is 5.82. The minimum Gasteiger partial charge on any atom is -0.299 e. The van der Waals surface area contributed by atoms with E-state index < -0.39 is 9.84 Å². The summed E-state index contributed by atoms with van der Waals surface area (Å²) < 4.78 is 23.5. The molecular weight excluding hydrogens is 386 g/mol. The Hall–Kier alpha value is -2.34. The molecule has 1 fully saturated rings. The molecule has 154 valence electrons. The second kappa shape index (κ2) is 9.44. The number of hydrogen-bond acceptors (Lipinski definition) is 5. The van der Waals surface area contributed by atoms with Crippen LogP contribution in [0.5, 0.6) is 0 Å². The fraction of sp³-hybridized carbons (Fsp3) is 0.435. The first-order valence-electron chi connectivity index (χ1n) is 10.1. The first-order chi connectivity index (χ1) is 13.8. The van der Waals surface area contributed by atoms with Crippen LogP contribution in [0, 0.1) is 5.92 Å². The normalized spacial score (nSPS) is 15.9. The van der Waals surface area contributed by atoms with Gasteiger partial charge in [0, 0.05) is 31.2 Å². The summed E-state index contributed by atoms with van der Waals surface area (Å²) in [4.78, 5) is 29.7. The summed E-state index contributed by atoms with van der Waals surface area (Å²) in [6.07, 6.45) is 8.44. The van der Waals surface area contributed by atoms with Crippen molar-refractivity contribution in [1.82, 2.24) is 4.98 Å². The SMILES string of the molecule is CS(=O)(=O)c1ccc(C(CC2CCCC2)C(=O)CCC(=O)c2ccccn2)cc1. The third-order valence-corrected chi connectivity index (χ3v) is 6.82. The number of benzene rings is 1. The zero-order valence-electron chi connectivity index (χ0n) is 16.7. The Morgan fingerprint density at radius 2 is 1.72 bits per heavy atom. The number of rotatable bonds is 9. The molecular formula is C23H27NO4S.